The Morgan fingerprint density at radius 1 is 1.36 bits per heavy atom. The molecular weight excluding hydrogens is 316 g/mol. The third-order valence-corrected chi connectivity index (χ3v) is 7.32. The number of methoxy groups -OCH3 is 1. The van der Waals surface area contributed by atoms with Gasteiger partial charge >= 0.3 is 11.9 Å². The fourth-order valence-electron chi connectivity index (χ4n) is 5.52. The molecule has 4 nitrogen and oxygen atoms in total. The largest absolute Gasteiger partial charge is 0.466 e. The van der Waals surface area contributed by atoms with Gasteiger partial charge in [-0.1, -0.05) is 26.8 Å². The predicted octanol–water partition coefficient (Wildman–Crippen LogP) is 4.20. The topological polar surface area (TPSA) is 52.6 Å². The molecule has 138 valence electrons. The van der Waals surface area contributed by atoms with Crippen LogP contribution in [0.3, 0.4) is 0 Å². The normalized spacial score (nSPS) is 37.7. The monoisotopic (exact) mass is 346 g/mol. The molecule has 2 aliphatic carbocycles. The van der Waals surface area contributed by atoms with Crippen molar-refractivity contribution in [3.8, 4) is 0 Å². The van der Waals surface area contributed by atoms with Gasteiger partial charge in [-0.05, 0) is 61.3 Å². The van der Waals surface area contributed by atoms with Crippen LogP contribution >= 0.6 is 0 Å². The molecular formula is C21H30O4. The van der Waals surface area contributed by atoms with E-state index in [2.05, 4.69) is 26.8 Å². The van der Waals surface area contributed by atoms with E-state index in [0.717, 1.165) is 49.7 Å². The lowest BCUT2D eigenvalue weighted by molar-refractivity contribution is -0.140. The van der Waals surface area contributed by atoms with E-state index < -0.39 is 0 Å². The molecule has 1 heterocycles. The fraction of sp³-hybridized carbons (Fsp3) is 0.714. The molecule has 0 amide bonds. The lowest BCUT2D eigenvalue weighted by Gasteiger charge is -2.57. The third kappa shape index (κ3) is 3.04. The molecule has 0 saturated heterocycles. The lowest BCUT2D eigenvalue weighted by atomic mass is 9.46. The Morgan fingerprint density at radius 3 is 2.76 bits per heavy atom. The maximum absolute atomic E-state index is 12.4. The maximum atomic E-state index is 12.4. The summed E-state index contributed by atoms with van der Waals surface area (Å²) in [5.41, 5.74) is 2.02. The molecule has 25 heavy (non-hydrogen) atoms. The van der Waals surface area contributed by atoms with Crippen LogP contribution in [0.5, 0.6) is 0 Å². The highest BCUT2D eigenvalue weighted by molar-refractivity contribution is 5.90. The number of allylic oxidation sites excluding steroid dienone is 1. The molecule has 1 aliphatic heterocycles. The van der Waals surface area contributed by atoms with Crippen molar-refractivity contribution in [2.75, 3.05) is 13.7 Å². The lowest BCUT2D eigenvalue weighted by Crippen LogP contribution is -2.51. The van der Waals surface area contributed by atoms with Crippen LogP contribution in [0.1, 0.15) is 59.3 Å². The average molecular weight is 346 g/mol. The molecule has 0 aromatic rings. The van der Waals surface area contributed by atoms with Gasteiger partial charge in [0.1, 0.15) is 6.61 Å². The molecule has 0 bridgehead atoms. The fourth-order valence-corrected chi connectivity index (χ4v) is 5.52. The Bertz CT molecular complexity index is 632. The number of cyclic esters (lactones) is 1. The highest BCUT2D eigenvalue weighted by Crippen LogP contribution is 2.62. The second kappa shape index (κ2) is 6.62. The highest BCUT2D eigenvalue weighted by atomic mass is 16.5. The minimum atomic E-state index is -0.213. The molecule has 3 aliphatic rings. The van der Waals surface area contributed by atoms with Crippen LogP contribution in [0.2, 0.25) is 0 Å². The third-order valence-electron chi connectivity index (χ3n) is 7.32. The van der Waals surface area contributed by atoms with Gasteiger partial charge in [0.25, 0.3) is 0 Å². The number of carbonyl (C=O) groups is 2. The Morgan fingerprint density at radius 2 is 2.12 bits per heavy atom. The summed E-state index contributed by atoms with van der Waals surface area (Å²) in [6, 6.07) is 0. The van der Waals surface area contributed by atoms with Crippen LogP contribution < -0.4 is 0 Å². The van der Waals surface area contributed by atoms with Crippen LogP contribution in [-0.4, -0.2) is 25.7 Å². The predicted molar refractivity (Wildman–Crippen MR) is 95.7 cm³/mol. The number of carbonyl (C=O) groups excluding carboxylic acids is 2. The average Bonchev–Trinajstić information content (AvgIpc) is 3.01. The minimum absolute atomic E-state index is 0.108. The van der Waals surface area contributed by atoms with Gasteiger partial charge in [-0.15, -0.1) is 0 Å². The van der Waals surface area contributed by atoms with Crippen molar-refractivity contribution >= 4 is 11.9 Å². The molecule has 0 aromatic heterocycles. The van der Waals surface area contributed by atoms with E-state index in [-0.39, 0.29) is 22.8 Å². The van der Waals surface area contributed by atoms with Crippen LogP contribution in [0.15, 0.2) is 23.3 Å². The summed E-state index contributed by atoms with van der Waals surface area (Å²) < 4.78 is 10.1. The second-order valence-electron chi connectivity index (χ2n) is 8.51. The molecule has 0 radical (unpaired) electrons. The van der Waals surface area contributed by atoms with Crippen molar-refractivity contribution in [2.45, 2.75) is 59.3 Å². The molecule has 0 spiro atoms. The van der Waals surface area contributed by atoms with Crippen molar-refractivity contribution in [3.63, 3.8) is 0 Å². The Balaban J connectivity index is 1.85. The SMILES string of the molecule is COC(=O)C1=CCC[C@H]2[C@@]1(C)CCC(C)[C@]2(C)CCC1=CC(=O)OC1. The van der Waals surface area contributed by atoms with Crippen LogP contribution in [0, 0.1) is 22.7 Å². The number of ether oxygens (including phenoxy) is 2. The zero-order chi connectivity index (χ0) is 18.2. The molecule has 1 unspecified atom stereocenters. The Labute approximate surface area is 150 Å². The molecule has 0 N–H and O–H groups in total. The smallest absolute Gasteiger partial charge is 0.333 e. The standard InChI is InChI=1S/C21H30O4/c1-14-8-10-21(3)16(19(23)24-4)6-5-7-17(21)20(14,2)11-9-15-12-18(22)25-13-15/h6,12,14,17H,5,7-11,13H2,1-4H3/t14?,17-,20+,21+/m1/s1. The molecule has 4 heteroatoms. The van der Waals surface area contributed by atoms with E-state index in [9.17, 15) is 9.59 Å². The van der Waals surface area contributed by atoms with Crippen LogP contribution in [-0.2, 0) is 19.1 Å². The van der Waals surface area contributed by atoms with Crippen molar-refractivity contribution < 1.29 is 19.1 Å². The number of rotatable bonds is 4. The second-order valence-corrected chi connectivity index (χ2v) is 8.51. The first-order valence-electron chi connectivity index (χ1n) is 9.46. The summed E-state index contributed by atoms with van der Waals surface area (Å²) in [4.78, 5) is 23.7. The van der Waals surface area contributed by atoms with Gasteiger partial charge in [-0.2, -0.15) is 0 Å². The van der Waals surface area contributed by atoms with Crippen molar-refractivity contribution in [2.24, 2.45) is 22.7 Å². The van der Waals surface area contributed by atoms with E-state index >= 15 is 0 Å². The van der Waals surface area contributed by atoms with Gasteiger partial charge in [0.05, 0.1) is 7.11 Å². The van der Waals surface area contributed by atoms with E-state index in [1.165, 1.54) is 7.11 Å². The summed E-state index contributed by atoms with van der Waals surface area (Å²) >= 11 is 0. The number of fused-ring (bicyclic) bond motifs is 1. The van der Waals surface area contributed by atoms with Crippen molar-refractivity contribution in [3.05, 3.63) is 23.3 Å². The number of hydrogen-bond donors (Lipinski definition) is 0. The van der Waals surface area contributed by atoms with Crippen molar-refractivity contribution in [1.29, 1.82) is 0 Å². The van der Waals surface area contributed by atoms with E-state index in [1.807, 2.05) is 0 Å². The number of esters is 2. The summed E-state index contributed by atoms with van der Waals surface area (Å²) in [5.74, 6) is 0.680. The first-order chi connectivity index (χ1) is 11.8. The van der Waals surface area contributed by atoms with Crippen LogP contribution in [0.25, 0.3) is 0 Å². The first-order valence-corrected chi connectivity index (χ1v) is 9.46. The summed E-state index contributed by atoms with van der Waals surface area (Å²) in [6.07, 6.45) is 9.90. The van der Waals surface area contributed by atoms with E-state index in [0.29, 0.717) is 18.4 Å². The minimum Gasteiger partial charge on any atom is -0.466 e. The van der Waals surface area contributed by atoms with Gasteiger partial charge in [-0.25, -0.2) is 9.59 Å². The summed E-state index contributed by atoms with van der Waals surface area (Å²) in [7, 11) is 1.48. The number of hydrogen-bond acceptors (Lipinski definition) is 4. The van der Waals surface area contributed by atoms with Gasteiger partial charge in [0.2, 0.25) is 0 Å². The van der Waals surface area contributed by atoms with Gasteiger partial charge in [-0.3, -0.25) is 0 Å². The zero-order valence-corrected chi connectivity index (χ0v) is 15.9. The zero-order valence-electron chi connectivity index (χ0n) is 15.9. The molecule has 1 fully saturated rings. The molecule has 0 aromatic carbocycles. The maximum Gasteiger partial charge on any atom is 0.333 e. The van der Waals surface area contributed by atoms with Gasteiger partial charge in [0, 0.05) is 17.1 Å². The quantitative estimate of drug-likeness (QED) is 0.716. The Hall–Kier alpha value is -1.58. The molecule has 3 rings (SSSR count). The first kappa shape index (κ1) is 18.2. The van der Waals surface area contributed by atoms with Crippen molar-refractivity contribution in [1.82, 2.24) is 0 Å². The summed E-state index contributed by atoms with van der Waals surface area (Å²) in [6.45, 7) is 7.43. The van der Waals surface area contributed by atoms with E-state index in [1.54, 1.807) is 6.08 Å². The summed E-state index contributed by atoms with van der Waals surface area (Å²) in [5, 5.41) is 0. The molecule has 1 saturated carbocycles. The highest BCUT2D eigenvalue weighted by Gasteiger charge is 2.55. The van der Waals surface area contributed by atoms with Gasteiger partial charge in [0.15, 0.2) is 0 Å². The van der Waals surface area contributed by atoms with Gasteiger partial charge < -0.3 is 9.47 Å². The Kier molecular flexibility index (Phi) is 4.82. The van der Waals surface area contributed by atoms with Crippen LogP contribution in [0.4, 0.5) is 0 Å². The van der Waals surface area contributed by atoms with E-state index in [4.69, 9.17) is 9.47 Å². The molecule has 4 atom stereocenters.